The fourth-order valence-corrected chi connectivity index (χ4v) is 1.14. The summed E-state index contributed by atoms with van der Waals surface area (Å²) in [7, 11) is 0. The average molecular weight is 178 g/mol. The normalized spacial score (nSPS) is 10.5. The lowest BCUT2D eigenvalue weighted by Crippen LogP contribution is -2.28. The number of rotatable bonds is 6. The van der Waals surface area contributed by atoms with Crippen molar-refractivity contribution in [1.82, 2.24) is 4.90 Å². The van der Waals surface area contributed by atoms with Crippen molar-refractivity contribution in [2.45, 2.75) is 13.3 Å². The maximum absolute atomic E-state index is 8.66. The van der Waals surface area contributed by atoms with Crippen LogP contribution in [0.25, 0.3) is 0 Å². The lowest BCUT2D eigenvalue weighted by Gasteiger charge is -2.19. The van der Waals surface area contributed by atoms with E-state index in [4.69, 9.17) is 16.7 Å². The summed E-state index contributed by atoms with van der Waals surface area (Å²) in [6.07, 6.45) is 1.07. The predicted octanol–water partition coefficient (Wildman–Crippen LogP) is 1.44. The Kier molecular flexibility index (Phi) is 6.62. The Morgan fingerprint density at radius 2 is 2.18 bits per heavy atom. The molecule has 2 nitrogen and oxygen atoms in total. The molecule has 11 heavy (non-hydrogen) atoms. The first kappa shape index (κ1) is 11.0. The minimum Gasteiger partial charge on any atom is -0.395 e. The van der Waals surface area contributed by atoms with E-state index in [1.165, 1.54) is 0 Å². The molecule has 0 aromatic carbocycles. The van der Waals surface area contributed by atoms with E-state index in [1.54, 1.807) is 0 Å². The molecule has 0 aliphatic rings. The van der Waals surface area contributed by atoms with Crippen LogP contribution < -0.4 is 0 Å². The lowest BCUT2D eigenvalue weighted by atomic mass is 10.4. The summed E-state index contributed by atoms with van der Waals surface area (Å²) < 4.78 is 0. The second-order valence-corrected chi connectivity index (χ2v) is 3.05. The van der Waals surface area contributed by atoms with Crippen LogP contribution in [0.2, 0.25) is 0 Å². The zero-order valence-corrected chi connectivity index (χ0v) is 7.77. The molecule has 0 saturated heterocycles. The molecule has 3 heteroatoms. The Balaban J connectivity index is 3.59. The minimum absolute atomic E-state index is 0.185. The van der Waals surface area contributed by atoms with E-state index in [9.17, 15) is 0 Å². The van der Waals surface area contributed by atoms with Crippen molar-refractivity contribution in [2.75, 3.05) is 26.2 Å². The summed E-state index contributed by atoms with van der Waals surface area (Å²) in [5, 5.41) is 9.29. The number of aliphatic hydroxyl groups excluding tert-OH is 1. The van der Waals surface area contributed by atoms with Gasteiger partial charge in [0.25, 0.3) is 0 Å². The van der Waals surface area contributed by atoms with Crippen LogP contribution in [0.4, 0.5) is 0 Å². The second-order valence-electron chi connectivity index (χ2n) is 2.52. The van der Waals surface area contributed by atoms with Crippen molar-refractivity contribution in [3.63, 3.8) is 0 Å². The first-order valence-electron chi connectivity index (χ1n) is 3.87. The zero-order chi connectivity index (χ0) is 8.69. The molecule has 0 radical (unpaired) electrons. The maximum Gasteiger partial charge on any atom is 0.0558 e. The first-order valence-corrected chi connectivity index (χ1v) is 4.25. The number of hydrogen-bond acceptors (Lipinski definition) is 2. The molecular weight excluding hydrogens is 162 g/mol. The third-order valence-electron chi connectivity index (χ3n) is 1.35. The van der Waals surface area contributed by atoms with Crippen molar-refractivity contribution in [1.29, 1.82) is 0 Å². The Labute approximate surface area is 73.5 Å². The van der Waals surface area contributed by atoms with E-state index in [0.717, 1.165) is 13.0 Å². The molecule has 0 aliphatic heterocycles. The molecule has 0 heterocycles. The number of aliphatic hydroxyl groups is 1. The highest BCUT2D eigenvalue weighted by Gasteiger charge is 2.02. The van der Waals surface area contributed by atoms with Crippen LogP contribution in [0.3, 0.4) is 0 Å². The predicted molar refractivity (Wildman–Crippen MR) is 48.8 cm³/mol. The van der Waals surface area contributed by atoms with E-state index in [0.29, 0.717) is 18.1 Å². The standard InChI is InChI=1S/C8H16ClNO/c1-3-4-10(5-6-11)7-8(2)9/h11H,2-7H2,1H3. The Morgan fingerprint density at radius 3 is 2.55 bits per heavy atom. The van der Waals surface area contributed by atoms with Gasteiger partial charge in [-0.25, -0.2) is 0 Å². The van der Waals surface area contributed by atoms with E-state index >= 15 is 0 Å². The Morgan fingerprint density at radius 1 is 1.55 bits per heavy atom. The fourth-order valence-electron chi connectivity index (χ4n) is 0.970. The third kappa shape index (κ3) is 6.35. The summed E-state index contributed by atoms with van der Waals surface area (Å²) in [4.78, 5) is 2.08. The fraction of sp³-hybridized carbons (Fsp3) is 0.750. The van der Waals surface area contributed by atoms with Crippen molar-refractivity contribution < 1.29 is 5.11 Å². The van der Waals surface area contributed by atoms with Crippen LogP contribution >= 0.6 is 11.6 Å². The monoisotopic (exact) mass is 177 g/mol. The van der Waals surface area contributed by atoms with Gasteiger partial charge >= 0.3 is 0 Å². The van der Waals surface area contributed by atoms with Gasteiger partial charge in [-0.15, -0.1) is 0 Å². The van der Waals surface area contributed by atoms with Gasteiger partial charge in [-0.05, 0) is 13.0 Å². The van der Waals surface area contributed by atoms with Crippen LogP contribution in [0.5, 0.6) is 0 Å². The molecule has 0 atom stereocenters. The Hall–Kier alpha value is -0.0500. The van der Waals surface area contributed by atoms with E-state index in [2.05, 4.69) is 18.4 Å². The molecule has 0 bridgehead atoms. The SMILES string of the molecule is C=C(Cl)CN(CCC)CCO. The van der Waals surface area contributed by atoms with Crippen LogP contribution in [0, 0.1) is 0 Å². The van der Waals surface area contributed by atoms with E-state index in [-0.39, 0.29) is 6.61 Å². The van der Waals surface area contributed by atoms with Crippen molar-refractivity contribution >= 4 is 11.6 Å². The van der Waals surface area contributed by atoms with Crippen molar-refractivity contribution in [3.8, 4) is 0 Å². The summed E-state index contributed by atoms with van der Waals surface area (Å²) in [5.41, 5.74) is 0. The molecule has 0 unspecified atom stereocenters. The molecule has 0 spiro atoms. The summed E-state index contributed by atoms with van der Waals surface area (Å²) >= 11 is 5.63. The molecule has 0 aliphatic carbocycles. The van der Waals surface area contributed by atoms with Gasteiger partial charge in [0.05, 0.1) is 6.61 Å². The van der Waals surface area contributed by atoms with E-state index < -0.39 is 0 Å². The highest BCUT2D eigenvalue weighted by atomic mass is 35.5. The van der Waals surface area contributed by atoms with Gasteiger partial charge in [0.1, 0.15) is 0 Å². The summed E-state index contributed by atoms with van der Waals surface area (Å²) in [6.45, 7) is 8.21. The van der Waals surface area contributed by atoms with Crippen LogP contribution in [-0.4, -0.2) is 36.2 Å². The molecule has 0 rings (SSSR count). The van der Waals surface area contributed by atoms with Gasteiger partial charge < -0.3 is 5.11 Å². The van der Waals surface area contributed by atoms with Gasteiger partial charge in [0, 0.05) is 18.1 Å². The number of hydrogen-bond donors (Lipinski definition) is 1. The Bertz CT molecular complexity index is 111. The van der Waals surface area contributed by atoms with Gasteiger partial charge in [0.15, 0.2) is 0 Å². The molecular formula is C8H16ClNO. The number of nitrogens with zero attached hydrogens (tertiary/aromatic N) is 1. The van der Waals surface area contributed by atoms with E-state index in [1.807, 2.05) is 0 Å². The number of halogens is 1. The summed E-state index contributed by atoms with van der Waals surface area (Å²) in [6, 6.07) is 0. The molecule has 0 amide bonds. The van der Waals surface area contributed by atoms with Crippen LogP contribution in [0.15, 0.2) is 11.6 Å². The van der Waals surface area contributed by atoms with Crippen LogP contribution in [-0.2, 0) is 0 Å². The van der Waals surface area contributed by atoms with Crippen LogP contribution in [0.1, 0.15) is 13.3 Å². The van der Waals surface area contributed by atoms with Crippen molar-refractivity contribution in [3.05, 3.63) is 11.6 Å². The molecule has 0 aromatic heterocycles. The lowest BCUT2D eigenvalue weighted by molar-refractivity contribution is 0.208. The highest BCUT2D eigenvalue weighted by Crippen LogP contribution is 2.01. The molecule has 0 aromatic rings. The summed E-state index contributed by atoms with van der Waals surface area (Å²) in [5.74, 6) is 0. The van der Waals surface area contributed by atoms with Gasteiger partial charge in [-0.3, -0.25) is 4.90 Å². The third-order valence-corrected chi connectivity index (χ3v) is 1.47. The molecule has 66 valence electrons. The topological polar surface area (TPSA) is 23.5 Å². The van der Waals surface area contributed by atoms with Gasteiger partial charge in [0.2, 0.25) is 0 Å². The highest BCUT2D eigenvalue weighted by molar-refractivity contribution is 6.29. The first-order chi connectivity index (χ1) is 5.20. The van der Waals surface area contributed by atoms with Gasteiger partial charge in [-0.1, -0.05) is 25.1 Å². The smallest absolute Gasteiger partial charge is 0.0558 e. The molecule has 0 fully saturated rings. The largest absolute Gasteiger partial charge is 0.395 e. The average Bonchev–Trinajstić information content (AvgIpc) is 1.87. The second kappa shape index (κ2) is 6.65. The van der Waals surface area contributed by atoms with Gasteiger partial charge in [-0.2, -0.15) is 0 Å². The molecule has 0 saturated carbocycles. The zero-order valence-electron chi connectivity index (χ0n) is 7.02. The quantitative estimate of drug-likeness (QED) is 0.664. The minimum atomic E-state index is 0.185. The van der Waals surface area contributed by atoms with Crippen molar-refractivity contribution in [2.24, 2.45) is 0 Å². The molecule has 1 N–H and O–H groups in total. The maximum atomic E-state index is 8.66.